The first kappa shape index (κ1) is 23.1. The van der Waals surface area contributed by atoms with E-state index in [1.807, 2.05) is 6.07 Å². The van der Waals surface area contributed by atoms with Crippen molar-refractivity contribution in [3.63, 3.8) is 0 Å². The molecule has 3 rings (SSSR count). The molecule has 3 N–H and O–H groups in total. The van der Waals surface area contributed by atoms with Crippen molar-refractivity contribution >= 4 is 39.2 Å². The minimum Gasteiger partial charge on any atom is -0.337 e. The number of nitriles is 1. The lowest BCUT2D eigenvalue weighted by molar-refractivity contribution is 0.252. The van der Waals surface area contributed by atoms with Gasteiger partial charge in [-0.3, -0.25) is 10.0 Å². The van der Waals surface area contributed by atoms with Crippen LogP contribution in [-0.2, 0) is 10.0 Å². The molecular formula is C20H18ClFN6O3S. The van der Waals surface area contributed by atoms with Crippen molar-refractivity contribution in [3.8, 4) is 11.8 Å². The van der Waals surface area contributed by atoms with Gasteiger partial charge in [0.2, 0.25) is 10.0 Å². The van der Waals surface area contributed by atoms with Crippen molar-refractivity contribution in [3.05, 3.63) is 70.6 Å². The number of urea groups is 1. The Morgan fingerprint density at radius 3 is 2.72 bits per heavy atom. The van der Waals surface area contributed by atoms with E-state index in [0.29, 0.717) is 21.8 Å². The van der Waals surface area contributed by atoms with Crippen molar-refractivity contribution in [1.82, 2.24) is 15.1 Å². The van der Waals surface area contributed by atoms with Gasteiger partial charge < -0.3 is 5.32 Å². The molecule has 32 heavy (non-hydrogen) atoms. The van der Waals surface area contributed by atoms with Crippen LogP contribution in [0.2, 0.25) is 5.02 Å². The summed E-state index contributed by atoms with van der Waals surface area (Å²) in [5.41, 5.74) is 1.42. The van der Waals surface area contributed by atoms with E-state index in [9.17, 15) is 17.6 Å². The predicted molar refractivity (Wildman–Crippen MR) is 119 cm³/mol. The van der Waals surface area contributed by atoms with E-state index in [2.05, 4.69) is 20.5 Å². The summed E-state index contributed by atoms with van der Waals surface area (Å²) in [6.07, 6.45) is 1.57. The molecule has 0 aliphatic heterocycles. The SMILES string of the molecule is Cc1ccc(NS(=O)(=O)CCNC(=O)Nc2ccn(-c3ccc(C#N)cc3Cl)n2)cc1F. The number of benzene rings is 2. The first-order chi connectivity index (χ1) is 15.2. The van der Waals surface area contributed by atoms with E-state index in [1.54, 1.807) is 25.3 Å². The maximum atomic E-state index is 13.6. The summed E-state index contributed by atoms with van der Waals surface area (Å²) in [4.78, 5) is 12.0. The van der Waals surface area contributed by atoms with Crippen LogP contribution >= 0.6 is 11.6 Å². The smallest absolute Gasteiger partial charge is 0.320 e. The largest absolute Gasteiger partial charge is 0.337 e. The van der Waals surface area contributed by atoms with E-state index in [-0.39, 0.29) is 18.1 Å². The fraction of sp³-hybridized carbons (Fsp3) is 0.150. The zero-order chi connectivity index (χ0) is 23.3. The van der Waals surface area contributed by atoms with Crippen LogP contribution in [0.5, 0.6) is 0 Å². The number of rotatable bonds is 7. The van der Waals surface area contributed by atoms with E-state index < -0.39 is 27.6 Å². The van der Waals surface area contributed by atoms with E-state index in [4.69, 9.17) is 16.9 Å². The number of carbonyl (C=O) groups is 1. The number of anilines is 2. The van der Waals surface area contributed by atoms with Gasteiger partial charge in [0.05, 0.1) is 33.8 Å². The molecule has 166 valence electrons. The van der Waals surface area contributed by atoms with Crippen molar-refractivity contribution < 1.29 is 17.6 Å². The van der Waals surface area contributed by atoms with Crippen molar-refractivity contribution in [2.45, 2.75) is 6.92 Å². The number of carbonyl (C=O) groups excluding carboxylic acids is 1. The maximum Gasteiger partial charge on any atom is 0.320 e. The van der Waals surface area contributed by atoms with E-state index in [1.165, 1.54) is 28.9 Å². The third-order valence-corrected chi connectivity index (χ3v) is 5.85. The van der Waals surface area contributed by atoms with Gasteiger partial charge in [0.1, 0.15) is 5.82 Å². The molecule has 0 aliphatic carbocycles. The Labute approximate surface area is 188 Å². The minimum atomic E-state index is -3.79. The third-order valence-electron chi connectivity index (χ3n) is 4.26. The van der Waals surface area contributed by atoms with Gasteiger partial charge in [0.25, 0.3) is 0 Å². The average molecular weight is 477 g/mol. The molecule has 0 bridgehead atoms. The number of aromatic nitrogens is 2. The van der Waals surface area contributed by atoms with Crippen molar-refractivity contribution in [2.75, 3.05) is 22.3 Å². The molecule has 0 atom stereocenters. The zero-order valence-electron chi connectivity index (χ0n) is 16.8. The van der Waals surface area contributed by atoms with Gasteiger partial charge in [-0.25, -0.2) is 22.3 Å². The van der Waals surface area contributed by atoms with E-state index in [0.717, 1.165) is 6.07 Å². The lowest BCUT2D eigenvalue weighted by Gasteiger charge is -2.10. The van der Waals surface area contributed by atoms with Crippen molar-refractivity contribution in [1.29, 1.82) is 5.26 Å². The molecule has 0 saturated heterocycles. The Bertz CT molecular complexity index is 1300. The maximum absolute atomic E-state index is 13.6. The van der Waals surface area contributed by atoms with Crippen molar-refractivity contribution in [2.24, 2.45) is 0 Å². The summed E-state index contributed by atoms with van der Waals surface area (Å²) in [7, 11) is -3.79. The molecule has 2 amide bonds. The molecule has 3 aromatic rings. The van der Waals surface area contributed by atoms with Gasteiger partial charge in [-0.2, -0.15) is 5.26 Å². The Kier molecular flexibility index (Phi) is 6.97. The molecule has 0 radical (unpaired) electrons. The van der Waals surface area contributed by atoms with Gasteiger partial charge in [-0.1, -0.05) is 17.7 Å². The van der Waals surface area contributed by atoms with Crippen LogP contribution in [0.3, 0.4) is 0 Å². The lowest BCUT2D eigenvalue weighted by atomic mass is 10.2. The minimum absolute atomic E-state index is 0.101. The van der Waals surface area contributed by atoms with Crippen LogP contribution in [0.15, 0.2) is 48.7 Å². The van der Waals surface area contributed by atoms with Crippen LogP contribution in [-0.4, -0.2) is 36.5 Å². The summed E-state index contributed by atoms with van der Waals surface area (Å²) in [5.74, 6) is -0.728. The monoisotopic (exact) mass is 476 g/mol. The fourth-order valence-electron chi connectivity index (χ4n) is 2.63. The lowest BCUT2D eigenvalue weighted by Crippen LogP contribution is -2.34. The van der Waals surface area contributed by atoms with Crippen LogP contribution in [0.1, 0.15) is 11.1 Å². The first-order valence-electron chi connectivity index (χ1n) is 9.24. The summed E-state index contributed by atoms with van der Waals surface area (Å²) in [6.45, 7) is 1.38. The molecule has 0 saturated carbocycles. The summed E-state index contributed by atoms with van der Waals surface area (Å²) < 4.78 is 41.5. The molecule has 0 fully saturated rings. The zero-order valence-corrected chi connectivity index (χ0v) is 18.3. The van der Waals surface area contributed by atoms with Crippen LogP contribution < -0.4 is 15.4 Å². The second-order valence-corrected chi connectivity index (χ2v) is 8.94. The quantitative estimate of drug-likeness (QED) is 0.481. The molecule has 2 aromatic carbocycles. The van der Waals surface area contributed by atoms with Crippen LogP contribution in [0.4, 0.5) is 20.7 Å². The Balaban J connectivity index is 1.52. The Morgan fingerprint density at radius 2 is 2.03 bits per heavy atom. The molecule has 12 heteroatoms. The average Bonchev–Trinajstić information content (AvgIpc) is 3.18. The predicted octanol–water partition coefficient (Wildman–Crippen LogP) is 3.41. The van der Waals surface area contributed by atoms with E-state index >= 15 is 0 Å². The third kappa shape index (κ3) is 5.96. The second-order valence-electron chi connectivity index (χ2n) is 6.69. The fourth-order valence-corrected chi connectivity index (χ4v) is 3.86. The highest BCUT2D eigenvalue weighted by Crippen LogP contribution is 2.22. The summed E-state index contributed by atoms with van der Waals surface area (Å²) in [5, 5.41) is 18.3. The summed E-state index contributed by atoms with van der Waals surface area (Å²) >= 11 is 6.15. The van der Waals surface area contributed by atoms with Gasteiger partial charge in [-0.15, -0.1) is 5.10 Å². The highest BCUT2D eigenvalue weighted by atomic mass is 35.5. The number of aryl methyl sites for hydroxylation is 1. The number of halogens is 2. The highest BCUT2D eigenvalue weighted by molar-refractivity contribution is 7.92. The number of sulfonamides is 1. The number of hydrogen-bond donors (Lipinski definition) is 3. The number of nitrogens with one attached hydrogen (secondary N) is 3. The Hall–Kier alpha value is -3.62. The molecular weight excluding hydrogens is 459 g/mol. The molecule has 1 heterocycles. The van der Waals surface area contributed by atoms with Gasteiger partial charge in [0.15, 0.2) is 5.82 Å². The first-order valence-corrected chi connectivity index (χ1v) is 11.3. The second kappa shape index (κ2) is 9.67. The van der Waals surface area contributed by atoms with Gasteiger partial charge in [-0.05, 0) is 42.8 Å². The van der Waals surface area contributed by atoms with Gasteiger partial charge >= 0.3 is 6.03 Å². The van der Waals surface area contributed by atoms with Crippen LogP contribution in [0, 0.1) is 24.1 Å². The number of nitrogens with zero attached hydrogens (tertiary/aromatic N) is 3. The number of hydrogen-bond acceptors (Lipinski definition) is 5. The number of amides is 2. The molecule has 0 aliphatic rings. The molecule has 0 unspecified atom stereocenters. The molecule has 0 spiro atoms. The van der Waals surface area contributed by atoms with Crippen LogP contribution in [0.25, 0.3) is 5.69 Å². The summed E-state index contributed by atoms with van der Waals surface area (Å²) in [6, 6.07) is 11.6. The standard InChI is InChI=1S/C20H18ClFN6O3S/c1-13-2-4-15(11-17(13)22)27-32(30,31)9-7-24-20(29)25-19-6-8-28(26-19)18-5-3-14(12-23)10-16(18)21/h2-6,8,10-11,27H,7,9H2,1H3,(H2,24,25,26,29). The normalized spacial score (nSPS) is 10.9. The van der Waals surface area contributed by atoms with Gasteiger partial charge in [0, 0.05) is 18.8 Å². The highest BCUT2D eigenvalue weighted by Gasteiger charge is 2.13. The molecule has 9 nitrogen and oxygen atoms in total. The Morgan fingerprint density at radius 1 is 1.25 bits per heavy atom. The topological polar surface area (TPSA) is 129 Å². The molecule has 1 aromatic heterocycles.